The van der Waals surface area contributed by atoms with Crippen molar-refractivity contribution >= 4 is 21.4 Å². The van der Waals surface area contributed by atoms with Crippen LogP contribution in [0.25, 0.3) is 0 Å². The quantitative estimate of drug-likeness (QED) is 0.802. The maximum Gasteiger partial charge on any atom is 0.175 e. The second-order valence-corrected chi connectivity index (χ2v) is 7.52. The van der Waals surface area contributed by atoms with Gasteiger partial charge in [-0.1, -0.05) is 35.9 Å². The van der Waals surface area contributed by atoms with Crippen molar-refractivity contribution in [3.8, 4) is 0 Å². The number of benzene rings is 2. The summed E-state index contributed by atoms with van der Waals surface area (Å²) in [6, 6.07) is 12.9. The summed E-state index contributed by atoms with van der Waals surface area (Å²) in [5, 5.41) is -0.350. The molecule has 0 aliphatic rings. The average molecular weight is 309 g/mol. The molecule has 0 saturated carbocycles. The highest BCUT2D eigenvalue weighted by Crippen LogP contribution is 2.32. The molecule has 2 aromatic carbocycles. The number of hydrogen-bond acceptors (Lipinski definition) is 2. The summed E-state index contributed by atoms with van der Waals surface area (Å²) >= 11 is 6.52. The molecule has 0 radical (unpaired) electrons. The SMILES string of the molecule is Cc1ccc(C(Cl)c2cccc(S(C)(=O)=O)c2)c(C)c1. The first-order chi connectivity index (χ1) is 9.29. The van der Waals surface area contributed by atoms with E-state index >= 15 is 0 Å². The molecule has 106 valence electrons. The zero-order chi connectivity index (χ0) is 14.9. The van der Waals surface area contributed by atoms with Crippen molar-refractivity contribution in [3.63, 3.8) is 0 Å². The topological polar surface area (TPSA) is 34.1 Å². The van der Waals surface area contributed by atoms with Crippen molar-refractivity contribution in [1.82, 2.24) is 0 Å². The molecule has 0 aliphatic heterocycles. The molecular formula is C16H17ClO2S. The highest BCUT2D eigenvalue weighted by atomic mass is 35.5. The molecule has 20 heavy (non-hydrogen) atoms. The summed E-state index contributed by atoms with van der Waals surface area (Å²) in [6.45, 7) is 4.04. The van der Waals surface area contributed by atoms with E-state index in [2.05, 4.69) is 6.07 Å². The normalized spacial score (nSPS) is 13.2. The van der Waals surface area contributed by atoms with Gasteiger partial charge in [0.05, 0.1) is 10.3 Å². The molecule has 0 N–H and O–H groups in total. The maximum absolute atomic E-state index is 11.6. The lowest BCUT2D eigenvalue weighted by Gasteiger charge is -2.14. The van der Waals surface area contributed by atoms with Crippen LogP contribution in [0.1, 0.15) is 27.6 Å². The summed E-state index contributed by atoms with van der Waals surface area (Å²) in [5.74, 6) is 0. The van der Waals surface area contributed by atoms with Gasteiger partial charge < -0.3 is 0 Å². The molecule has 0 bridgehead atoms. The van der Waals surface area contributed by atoms with Gasteiger partial charge in [0.1, 0.15) is 0 Å². The van der Waals surface area contributed by atoms with Crippen LogP contribution >= 0.6 is 11.6 Å². The molecule has 1 atom stereocenters. The van der Waals surface area contributed by atoms with Crippen LogP contribution in [0, 0.1) is 13.8 Å². The Morgan fingerprint density at radius 2 is 1.75 bits per heavy atom. The van der Waals surface area contributed by atoms with Crippen LogP contribution in [0.2, 0.25) is 0 Å². The van der Waals surface area contributed by atoms with Gasteiger partial charge in [0.25, 0.3) is 0 Å². The van der Waals surface area contributed by atoms with Crippen molar-refractivity contribution in [1.29, 1.82) is 0 Å². The molecule has 0 heterocycles. The predicted octanol–water partition coefficient (Wildman–Crippen LogP) is 4.04. The van der Waals surface area contributed by atoms with Crippen LogP contribution in [0.5, 0.6) is 0 Å². The second-order valence-electron chi connectivity index (χ2n) is 5.07. The largest absolute Gasteiger partial charge is 0.224 e. The number of aryl methyl sites for hydroxylation is 2. The lowest BCUT2D eigenvalue weighted by atomic mass is 9.98. The molecule has 0 spiro atoms. The molecule has 2 nitrogen and oxygen atoms in total. The van der Waals surface area contributed by atoms with Crippen molar-refractivity contribution in [2.24, 2.45) is 0 Å². The highest BCUT2D eigenvalue weighted by Gasteiger charge is 2.15. The Morgan fingerprint density at radius 1 is 1.05 bits per heavy atom. The summed E-state index contributed by atoms with van der Waals surface area (Å²) in [7, 11) is -3.22. The van der Waals surface area contributed by atoms with Gasteiger partial charge in [0.2, 0.25) is 0 Å². The van der Waals surface area contributed by atoms with Gasteiger partial charge in [-0.25, -0.2) is 8.42 Å². The number of rotatable bonds is 3. The smallest absolute Gasteiger partial charge is 0.175 e. The van der Waals surface area contributed by atoms with Gasteiger partial charge in [-0.3, -0.25) is 0 Å². The molecule has 0 fully saturated rings. The van der Waals surface area contributed by atoms with Crippen molar-refractivity contribution in [2.45, 2.75) is 24.1 Å². The first-order valence-corrected chi connectivity index (χ1v) is 8.63. The molecule has 0 saturated heterocycles. The third-order valence-corrected chi connectivity index (χ3v) is 4.87. The van der Waals surface area contributed by atoms with Crippen LogP contribution in [0.3, 0.4) is 0 Å². The zero-order valence-electron chi connectivity index (χ0n) is 11.7. The summed E-state index contributed by atoms with van der Waals surface area (Å²) < 4.78 is 23.2. The predicted molar refractivity (Wildman–Crippen MR) is 83.2 cm³/mol. The summed E-state index contributed by atoms with van der Waals surface area (Å²) in [5.41, 5.74) is 4.08. The highest BCUT2D eigenvalue weighted by molar-refractivity contribution is 7.90. The van der Waals surface area contributed by atoms with E-state index in [9.17, 15) is 8.42 Å². The van der Waals surface area contributed by atoms with Gasteiger partial charge >= 0.3 is 0 Å². The molecule has 0 aliphatic carbocycles. The molecule has 0 amide bonds. The lowest BCUT2D eigenvalue weighted by Crippen LogP contribution is -2.01. The van der Waals surface area contributed by atoms with Crippen LogP contribution in [0.4, 0.5) is 0 Å². The average Bonchev–Trinajstić information content (AvgIpc) is 2.37. The Hall–Kier alpha value is -1.32. The number of hydrogen-bond donors (Lipinski definition) is 0. The fraction of sp³-hybridized carbons (Fsp3) is 0.250. The third kappa shape index (κ3) is 3.22. The third-order valence-electron chi connectivity index (χ3n) is 3.28. The molecular weight excluding hydrogens is 292 g/mol. The fourth-order valence-corrected chi connectivity index (χ4v) is 3.25. The molecule has 1 unspecified atom stereocenters. The van der Waals surface area contributed by atoms with Crippen LogP contribution in [-0.4, -0.2) is 14.7 Å². The van der Waals surface area contributed by atoms with Crippen LogP contribution in [0.15, 0.2) is 47.4 Å². The van der Waals surface area contributed by atoms with Gasteiger partial charge in [-0.15, -0.1) is 11.6 Å². The Labute approximate surface area is 125 Å². The Morgan fingerprint density at radius 3 is 2.35 bits per heavy atom. The van der Waals surface area contributed by atoms with Gasteiger partial charge in [0, 0.05) is 6.26 Å². The first-order valence-electron chi connectivity index (χ1n) is 6.30. The molecule has 0 aromatic heterocycles. The number of alkyl halides is 1. The minimum atomic E-state index is -3.22. The maximum atomic E-state index is 11.6. The summed E-state index contributed by atoms with van der Waals surface area (Å²) in [6.07, 6.45) is 1.20. The van der Waals surface area contributed by atoms with E-state index in [1.54, 1.807) is 18.2 Å². The zero-order valence-corrected chi connectivity index (χ0v) is 13.3. The monoisotopic (exact) mass is 308 g/mol. The van der Waals surface area contributed by atoms with Crippen LogP contribution < -0.4 is 0 Å². The first kappa shape index (κ1) is 15.1. The van der Waals surface area contributed by atoms with E-state index in [0.29, 0.717) is 4.90 Å². The number of halogens is 1. The van der Waals surface area contributed by atoms with Crippen molar-refractivity contribution in [3.05, 3.63) is 64.7 Å². The van der Waals surface area contributed by atoms with E-state index in [1.807, 2.05) is 32.0 Å². The minimum absolute atomic E-state index is 0.297. The minimum Gasteiger partial charge on any atom is -0.224 e. The Bertz CT molecular complexity index is 736. The van der Waals surface area contributed by atoms with E-state index < -0.39 is 9.84 Å². The second kappa shape index (κ2) is 5.58. The van der Waals surface area contributed by atoms with E-state index in [1.165, 1.54) is 11.8 Å². The van der Waals surface area contributed by atoms with Gasteiger partial charge in [0.15, 0.2) is 9.84 Å². The standard InChI is InChI=1S/C16H17ClO2S/c1-11-7-8-15(12(2)9-11)16(17)13-5-4-6-14(10-13)20(3,18)19/h4-10,16H,1-3H3. The Balaban J connectivity index is 2.46. The van der Waals surface area contributed by atoms with Crippen molar-refractivity contribution in [2.75, 3.05) is 6.26 Å². The van der Waals surface area contributed by atoms with E-state index in [4.69, 9.17) is 11.6 Å². The number of sulfone groups is 1. The molecule has 4 heteroatoms. The van der Waals surface area contributed by atoms with Gasteiger partial charge in [-0.2, -0.15) is 0 Å². The fourth-order valence-electron chi connectivity index (χ4n) is 2.19. The van der Waals surface area contributed by atoms with E-state index in [0.717, 1.165) is 16.7 Å². The summed E-state index contributed by atoms with van der Waals surface area (Å²) in [4.78, 5) is 0.297. The lowest BCUT2D eigenvalue weighted by molar-refractivity contribution is 0.601. The molecule has 2 aromatic rings. The van der Waals surface area contributed by atoms with Crippen molar-refractivity contribution < 1.29 is 8.42 Å². The molecule has 2 rings (SSSR count). The Kier molecular flexibility index (Phi) is 4.21. The van der Waals surface area contributed by atoms with E-state index in [-0.39, 0.29) is 5.38 Å². The van der Waals surface area contributed by atoms with Gasteiger partial charge in [-0.05, 0) is 42.7 Å². The van der Waals surface area contributed by atoms with Crippen LogP contribution in [-0.2, 0) is 9.84 Å².